The molecule has 1 atom stereocenters. The van der Waals surface area contributed by atoms with Gasteiger partial charge in [0.05, 0.1) is 18.7 Å². The Kier molecular flexibility index (Phi) is 6.64. The second-order valence-electron chi connectivity index (χ2n) is 5.13. The summed E-state index contributed by atoms with van der Waals surface area (Å²) in [4.78, 5) is 12.3. The van der Waals surface area contributed by atoms with Crippen LogP contribution in [0.5, 0.6) is 0 Å². The standard InChI is InChI=1S/C20H20ClNO2/c1-3-4-10-18(20(23)24-2)19(15-11-13-16(21)14-12-15)22-17-8-6-5-7-9-17/h3-14,19,22H,1-2H3/b4-3+,18-10+. The van der Waals surface area contributed by atoms with Crippen LogP contribution in [0.4, 0.5) is 5.69 Å². The van der Waals surface area contributed by atoms with Crippen molar-refractivity contribution >= 4 is 23.3 Å². The monoisotopic (exact) mass is 341 g/mol. The summed E-state index contributed by atoms with van der Waals surface area (Å²) in [6.45, 7) is 1.90. The number of nitrogens with one attached hydrogen (secondary N) is 1. The maximum atomic E-state index is 12.3. The predicted molar refractivity (Wildman–Crippen MR) is 99.2 cm³/mol. The fraction of sp³-hybridized carbons (Fsp3) is 0.150. The Hall–Kier alpha value is -2.52. The van der Waals surface area contributed by atoms with Crippen LogP contribution in [0.3, 0.4) is 0 Å². The van der Waals surface area contributed by atoms with E-state index in [1.807, 2.05) is 61.5 Å². The molecule has 0 aromatic heterocycles. The van der Waals surface area contributed by atoms with Gasteiger partial charge in [0.15, 0.2) is 0 Å². The average molecular weight is 342 g/mol. The number of hydrogen-bond donors (Lipinski definition) is 1. The number of halogens is 1. The van der Waals surface area contributed by atoms with Gasteiger partial charge in [0.1, 0.15) is 0 Å². The highest BCUT2D eigenvalue weighted by atomic mass is 35.5. The first-order valence-electron chi connectivity index (χ1n) is 7.64. The van der Waals surface area contributed by atoms with Crippen molar-refractivity contribution in [1.82, 2.24) is 0 Å². The largest absolute Gasteiger partial charge is 0.466 e. The van der Waals surface area contributed by atoms with Crippen LogP contribution in [0.2, 0.25) is 5.02 Å². The van der Waals surface area contributed by atoms with E-state index in [2.05, 4.69) is 5.32 Å². The topological polar surface area (TPSA) is 38.3 Å². The molecule has 0 fully saturated rings. The van der Waals surface area contributed by atoms with Gasteiger partial charge in [-0.2, -0.15) is 0 Å². The maximum Gasteiger partial charge on any atom is 0.336 e. The van der Waals surface area contributed by atoms with Crippen molar-refractivity contribution in [3.05, 3.63) is 89.0 Å². The highest BCUT2D eigenvalue weighted by molar-refractivity contribution is 6.30. The van der Waals surface area contributed by atoms with Gasteiger partial charge in [-0.25, -0.2) is 4.79 Å². The van der Waals surface area contributed by atoms with Crippen molar-refractivity contribution < 1.29 is 9.53 Å². The molecule has 2 aromatic rings. The van der Waals surface area contributed by atoms with E-state index in [0.29, 0.717) is 10.6 Å². The Morgan fingerprint density at radius 3 is 2.38 bits per heavy atom. The summed E-state index contributed by atoms with van der Waals surface area (Å²) in [5, 5.41) is 4.04. The van der Waals surface area contributed by atoms with Crippen LogP contribution >= 0.6 is 11.6 Å². The Labute approximate surface area is 147 Å². The van der Waals surface area contributed by atoms with Gasteiger partial charge in [-0.15, -0.1) is 0 Å². The van der Waals surface area contributed by atoms with Crippen LogP contribution in [0, 0.1) is 0 Å². The zero-order valence-electron chi connectivity index (χ0n) is 13.7. The average Bonchev–Trinajstić information content (AvgIpc) is 2.62. The summed E-state index contributed by atoms with van der Waals surface area (Å²) >= 11 is 5.99. The second kappa shape index (κ2) is 8.94. The molecule has 0 bridgehead atoms. The highest BCUT2D eigenvalue weighted by Crippen LogP contribution is 2.28. The molecule has 0 spiro atoms. The first-order valence-corrected chi connectivity index (χ1v) is 8.01. The molecule has 0 saturated carbocycles. The van der Waals surface area contributed by atoms with Crippen molar-refractivity contribution in [1.29, 1.82) is 0 Å². The van der Waals surface area contributed by atoms with Crippen LogP contribution in [0.15, 0.2) is 78.4 Å². The molecule has 0 aliphatic heterocycles. The third kappa shape index (κ3) is 4.74. The van der Waals surface area contributed by atoms with Gasteiger partial charge in [0, 0.05) is 10.7 Å². The minimum Gasteiger partial charge on any atom is -0.466 e. The maximum absolute atomic E-state index is 12.3. The summed E-state index contributed by atoms with van der Waals surface area (Å²) in [6.07, 6.45) is 5.45. The van der Waals surface area contributed by atoms with Gasteiger partial charge in [-0.05, 0) is 42.8 Å². The van der Waals surface area contributed by atoms with E-state index in [4.69, 9.17) is 16.3 Å². The zero-order valence-corrected chi connectivity index (χ0v) is 14.5. The molecule has 1 unspecified atom stereocenters. The minimum atomic E-state index is -0.378. The number of anilines is 1. The number of ether oxygens (including phenoxy) is 1. The molecule has 3 nitrogen and oxygen atoms in total. The quantitative estimate of drug-likeness (QED) is 0.447. The first-order chi connectivity index (χ1) is 11.7. The third-order valence-electron chi connectivity index (χ3n) is 3.49. The molecular formula is C20H20ClNO2. The predicted octanol–water partition coefficient (Wildman–Crippen LogP) is 5.17. The molecule has 124 valence electrons. The number of carbonyl (C=O) groups excluding carboxylic acids is 1. The lowest BCUT2D eigenvalue weighted by Crippen LogP contribution is -2.20. The fourth-order valence-corrected chi connectivity index (χ4v) is 2.42. The highest BCUT2D eigenvalue weighted by Gasteiger charge is 2.23. The van der Waals surface area contributed by atoms with Gasteiger partial charge >= 0.3 is 5.97 Å². The summed E-state index contributed by atoms with van der Waals surface area (Å²) in [5.41, 5.74) is 2.35. The lowest BCUT2D eigenvalue weighted by Gasteiger charge is -2.22. The normalized spacial score (nSPS) is 12.9. The van der Waals surface area contributed by atoms with Gasteiger partial charge < -0.3 is 10.1 Å². The summed E-state index contributed by atoms with van der Waals surface area (Å²) in [5.74, 6) is -0.378. The Morgan fingerprint density at radius 1 is 1.12 bits per heavy atom. The van der Waals surface area contributed by atoms with E-state index in [1.165, 1.54) is 7.11 Å². The van der Waals surface area contributed by atoms with Crippen LogP contribution < -0.4 is 5.32 Å². The number of methoxy groups -OCH3 is 1. The molecule has 2 aromatic carbocycles. The Bertz CT molecular complexity index is 721. The molecule has 0 radical (unpaired) electrons. The minimum absolute atomic E-state index is 0.353. The molecule has 24 heavy (non-hydrogen) atoms. The van der Waals surface area contributed by atoms with Crippen molar-refractivity contribution in [3.8, 4) is 0 Å². The number of allylic oxidation sites excluding steroid dienone is 3. The summed E-state index contributed by atoms with van der Waals surface area (Å²) in [7, 11) is 1.38. The smallest absolute Gasteiger partial charge is 0.336 e. The number of carbonyl (C=O) groups is 1. The van der Waals surface area contributed by atoms with Crippen molar-refractivity contribution in [3.63, 3.8) is 0 Å². The molecule has 0 heterocycles. The van der Waals surface area contributed by atoms with E-state index >= 15 is 0 Å². The summed E-state index contributed by atoms with van der Waals surface area (Å²) < 4.78 is 4.97. The van der Waals surface area contributed by atoms with Crippen molar-refractivity contribution in [2.24, 2.45) is 0 Å². The Morgan fingerprint density at radius 2 is 1.79 bits per heavy atom. The molecule has 0 saturated heterocycles. The van der Waals surface area contributed by atoms with E-state index in [1.54, 1.807) is 18.2 Å². The molecule has 0 aliphatic rings. The van der Waals surface area contributed by atoms with Crippen LogP contribution in [-0.4, -0.2) is 13.1 Å². The molecule has 4 heteroatoms. The molecule has 1 N–H and O–H groups in total. The first kappa shape index (κ1) is 17.8. The van der Waals surface area contributed by atoms with E-state index in [0.717, 1.165) is 11.3 Å². The molecular weight excluding hydrogens is 322 g/mol. The zero-order chi connectivity index (χ0) is 17.4. The van der Waals surface area contributed by atoms with E-state index < -0.39 is 0 Å². The summed E-state index contributed by atoms with van der Waals surface area (Å²) in [6, 6.07) is 16.8. The van der Waals surface area contributed by atoms with Crippen LogP contribution in [-0.2, 0) is 9.53 Å². The van der Waals surface area contributed by atoms with Gasteiger partial charge in [0.2, 0.25) is 0 Å². The third-order valence-corrected chi connectivity index (χ3v) is 3.74. The van der Waals surface area contributed by atoms with Gasteiger partial charge in [-0.3, -0.25) is 0 Å². The van der Waals surface area contributed by atoms with Crippen molar-refractivity contribution in [2.75, 3.05) is 12.4 Å². The molecule has 2 rings (SSSR count). The lowest BCUT2D eigenvalue weighted by atomic mass is 9.97. The lowest BCUT2D eigenvalue weighted by molar-refractivity contribution is -0.136. The number of esters is 1. The van der Waals surface area contributed by atoms with Crippen LogP contribution in [0.1, 0.15) is 18.5 Å². The second-order valence-corrected chi connectivity index (χ2v) is 5.57. The van der Waals surface area contributed by atoms with Crippen LogP contribution in [0.25, 0.3) is 0 Å². The number of benzene rings is 2. The Balaban J connectivity index is 2.47. The molecule has 0 amide bonds. The number of hydrogen-bond acceptors (Lipinski definition) is 3. The van der Waals surface area contributed by atoms with E-state index in [-0.39, 0.29) is 12.0 Å². The fourth-order valence-electron chi connectivity index (χ4n) is 2.30. The van der Waals surface area contributed by atoms with Gasteiger partial charge in [0.25, 0.3) is 0 Å². The SMILES string of the molecule is C/C=C/C=C(/C(=O)OC)C(Nc1ccccc1)c1ccc(Cl)cc1. The number of para-hydroxylation sites is 1. The number of rotatable bonds is 6. The van der Waals surface area contributed by atoms with Crippen molar-refractivity contribution in [2.45, 2.75) is 13.0 Å². The van der Waals surface area contributed by atoms with Gasteiger partial charge in [-0.1, -0.05) is 54.1 Å². The molecule has 0 aliphatic carbocycles. The van der Waals surface area contributed by atoms with E-state index in [9.17, 15) is 4.79 Å².